The van der Waals surface area contributed by atoms with E-state index >= 15 is 0 Å². The van der Waals surface area contributed by atoms with Crippen molar-refractivity contribution in [1.29, 1.82) is 0 Å². The predicted octanol–water partition coefficient (Wildman–Crippen LogP) is 4.19. The summed E-state index contributed by atoms with van der Waals surface area (Å²) in [5.41, 5.74) is 11.7. The molecule has 1 nitrogen and oxygen atoms in total. The molecule has 1 atom stereocenters. The van der Waals surface area contributed by atoms with Crippen molar-refractivity contribution in [3.05, 3.63) is 69.7 Å². The average Bonchev–Trinajstić information content (AvgIpc) is 2.96. The van der Waals surface area contributed by atoms with Crippen LogP contribution in [0.3, 0.4) is 0 Å². The summed E-state index contributed by atoms with van der Waals surface area (Å²) in [5.74, 6) is 0.448. The van der Waals surface area contributed by atoms with Crippen LogP contribution in [-0.2, 0) is 25.7 Å². The molecule has 1 aliphatic rings. The van der Waals surface area contributed by atoms with E-state index in [1.807, 2.05) is 18.2 Å². The zero-order chi connectivity index (χ0) is 14.7. The third-order valence-electron chi connectivity index (χ3n) is 4.49. The van der Waals surface area contributed by atoms with Gasteiger partial charge < -0.3 is 5.73 Å². The van der Waals surface area contributed by atoms with Gasteiger partial charge in [0, 0.05) is 5.02 Å². The van der Waals surface area contributed by atoms with Crippen LogP contribution in [0.1, 0.15) is 28.7 Å². The molecule has 0 amide bonds. The Balaban J connectivity index is 1.71. The van der Waals surface area contributed by atoms with Gasteiger partial charge in [-0.15, -0.1) is 0 Å². The molecule has 0 heterocycles. The third-order valence-corrected chi connectivity index (χ3v) is 4.86. The van der Waals surface area contributed by atoms with E-state index in [2.05, 4.69) is 24.3 Å². The van der Waals surface area contributed by atoms with E-state index in [0.29, 0.717) is 12.5 Å². The number of nitrogens with two attached hydrogens (primary N) is 1. The summed E-state index contributed by atoms with van der Waals surface area (Å²) in [7, 11) is 0. The lowest BCUT2D eigenvalue weighted by Gasteiger charge is -2.16. The van der Waals surface area contributed by atoms with Crippen LogP contribution in [0, 0.1) is 5.92 Å². The largest absolute Gasteiger partial charge is 0.330 e. The van der Waals surface area contributed by atoms with Crippen LogP contribution in [0.2, 0.25) is 5.02 Å². The molecule has 0 saturated heterocycles. The standard InChI is InChI=1S/C19H22ClN/c20-19-7-2-1-4-18(19)12-15(13-21)10-14-8-9-16-5-3-6-17(16)11-14/h1-2,4,7-9,11,15H,3,5-6,10,12-13,21H2. The van der Waals surface area contributed by atoms with Crippen molar-refractivity contribution in [3.8, 4) is 0 Å². The number of rotatable bonds is 5. The number of halogens is 1. The lowest BCUT2D eigenvalue weighted by atomic mass is 9.91. The Labute approximate surface area is 132 Å². The Bertz CT molecular complexity index is 621. The first-order valence-corrected chi connectivity index (χ1v) is 8.18. The van der Waals surface area contributed by atoms with Gasteiger partial charge in [0.05, 0.1) is 0 Å². The highest BCUT2D eigenvalue weighted by Crippen LogP contribution is 2.25. The first kappa shape index (κ1) is 14.6. The predicted molar refractivity (Wildman–Crippen MR) is 89.9 cm³/mol. The van der Waals surface area contributed by atoms with Gasteiger partial charge in [0.15, 0.2) is 0 Å². The van der Waals surface area contributed by atoms with Gasteiger partial charge in [-0.2, -0.15) is 0 Å². The molecule has 2 heteroatoms. The molecule has 3 rings (SSSR count). The molecular weight excluding hydrogens is 278 g/mol. The molecule has 0 spiro atoms. The molecule has 0 fully saturated rings. The maximum atomic E-state index is 6.26. The summed E-state index contributed by atoms with van der Waals surface area (Å²) < 4.78 is 0. The van der Waals surface area contributed by atoms with Crippen LogP contribution in [-0.4, -0.2) is 6.54 Å². The minimum absolute atomic E-state index is 0.448. The zero-order valence-electron chi connectivity index (χ0n) is 12.3. The Morgan fingerprint density at radius 2 is 1.81 bits per heavy atom. The first-order chi connectivity index (χ1) is 10.3. The quantitative estimate of drug-likeness (QED) is 0.880. The minimum atomic E-state index is 0.448. The monoisotopic (exact) mass is 299 g/mol. The normalized spacial score (nSPS) is 15.0. The summed E-state index contributed by atoms with van der Waals surface area (Å²) in [5, 5.41) is 0.852. The van der Waals surface area contributed by atoms with E-state index < -0.39 is 0 Å². The second-order valence-corrected chi connectivity index (χ2v) is 6.47. The number of benzene rings is 2. The fourth-order valence-electron chi connectivity index (χ4n) is 3.30. The molecule has 0 radical (unpaired) electrons. The smallest absolute Gasteiger partial charge is 0.0438 e. The topological polar surface area (TPSA) is 26.0 Å². The van der Waals surface area contributed by atoms with Crippen molar-refractivity contribution in [1.82, 2.24) is 0 Å². The second-order valence-electron chi connectivity index (χ2n) is 6.06. The number of fused-ring (bicyclic) bond motifs is 1. The minimum Gasteiger partial charge on any atom is -0.330 e. The Hall–Kier alpha value is -1.31. The highest BCUT2D eigenvalue weighted by atomic mass is 35.5. The molecule has 1 aliphatic carbocycles. The highest BCUT2D eigenvalue weighted by molar-refractivity contribution is 6.31. The van der Waals surface area contributed by atoms with E-state index in [9.17, 15) is 0 Å². The van der Waals surface area contributed by atoms with Gasteiger partial charge in [-0.3, -0.25) is 0 Å². The van der Waals surface area contributed by atoms with E-state index in [1.165, 1.54) is 36.0 Å². The Morgan fingerprint density at radius 3 is 2.62 bits per heavy atom. The molecule has 0 aliphatic heterocycles. The van der Waals surface area contributed by atoms with E-state index in [1.54, 1.807) is 5.56 Å². The van der Waals surface area contributed by atoms with Crippen molar-refractivity contribution in [2.75, 3.05) is 6.54 Å². The van der Waals surface area contributed by atoms with Gasteiger partial charge in [0.25, 0.3) is 0 Å². The van der Waals surface area contributed by atoms with Gasteiger partial charge in [-0.1, -0.05) is 48.0 Å². The fraction of sp³-hybridized carbons (Fsp3) is 0.368. The lowest BCUT2D eigenvalue weighted by Crippen LogP contribution is -2.19. The SMILES string of the molecule is NCC(Cc1ccc2c(c1)CCC2)Cc1ccccc1Cl. The van der Waals surface area contributed by atoms with Crippen LogP contribution in [0.4, 0.5) is 0 Å². The molecule has 2 aromatic carbocycles. The van der Waals surface area contributed by atoms with E-state index in [-0.39, 0.29) is 0 Å². The highest BCUT2D eigenvalue weighted by Gasteiger charge is 2.14. The molecule has 1 unspecified atom stereocenters. The van der Waals surface area contributed by atoms with Gasteiger partial charge in [0.2, 0.25) is 0 Å². The van der Waals surface area contributed by atoms with Crippen molar-refractivity contribution in [2.24, 2.45) is 11.7 Å². The zero-order valence-corrected chi connectivity index (χ0v) is 13.1. The average molecular weight is 300 g/mol. The van der Waals surface area contributed by atoms with E-state index in [0.717, 1.165) is 17.9 Å². The van der Waals surface area contributed by atoms with E-state index in [4.69, 9.17) is 17.3 Å². The van der Waals surface area contributed by atoms with Crippen LogP contribution in [0.15, 0.2) is 42.5 Å². The Morgan fingerprint density at radius 1 is 1.00 bits per heavy atom. The molecule has 110 valence electrons. The Kier molecular flexibility index (Phi) is 4.62. The lowest BCUT2D eigenvalue weighted by molar-refractivity contribution is 0.533. The first-order valence-electron chi connectivity index (χ1n) is 7.80. The molecular formula is C19H22ClN. The molecule has 0 saturated carbocycles. The van der Waals surface area contributed by atoms with Crippen LogP contribution >= 0.6 is 11.6 Å². The number of hydrogen-bond acceptors (Lipinski definition) is 1. The molecule has 0 bridgehead atoms. The van der Waals surface area contributed by atoms with Crippen molar-refractivity contribution < 1.29 is 0 Å². The van der Waals surface area contributed by atoms with Crippen molar-refractivity contribution in [2.45, 2.75) is 32.1 Å². The summed E-state index contributed by atoms with van der Waals surface area (Å²) in [4.78, 5) is 0. The van der Waals surface area contributed by atoms with Crippen LogP contribution in [0.25, 0.3) is 0 Å². The molecule has 21 heavy (non-hydrogen) atoms. The summed E-state index contributed by atoms with van der Waals surface area (Å²) in [6, 6.07) is 15.1. The van der Waals surface area contributed by atoms with Crippen molar-refractivity contribution in [3.63, 3.8) is 0 Å². The third kappa shape index (κ3) is 3.48. The molecule has 2 N–H and O–H groups in total. The fourth-order valence-corrected chi connectivity index (χ4v) is 3.51. The van der Waals surface area contributed by atoms with Crippen molar-refractivity contribution >= 4 is 11.6 Å². The summed E-state index contributed by atoms with van der Waals surface area (Å²) in [6.45, 7) is 0.697. The summed E-state index contributed by atoms with van der Waals surface area (Å²) in [6.07, 6.45) is 5.78. The second kappa shape index (κ2) is 6.64. The number of aryl methyl sites for hydroxylation is 2. The van der Waals surface area contributed by atoms with Crippen LogP contribution in [0.5, 0.6) is 0 Å². The van der Waals surface area contributed by atoms with Gasteiger partial charge in [-0.05, 0) is 72.9 Å². The number of hydrogen-bond donors (Lipinski definition) is 1. The van der Waals surface area contributed by atoms with Gasteiger partial charge in [-0.25, -0.2) is 0 Å². The molecule has 0 aromatic heterocycles. The maximum Gasteiger partial charge on any atom is 0.0438 e. The van der Waals surface area contributed by atoms with Gasteiger partial charge >= 0.3 is 0 Å². The summed E-state index contributed by atoms with van der Waals surface area (Å²) >= 11 is 6.26. The molecule has 2 aromatic rings. The maximum absolute atomic E-state index is 6.26. The van der Waals surface area contributed by atoms with Gasteiger partial charge in [0.1, 0.15) is 0 Å². The van der Waals surface area contributed by atoms with Crippen LogP contribution < -0.4 is 5.73 Å².